The van der Waals surface area contributed by atoms with Crippen molar-refractivity contribution in [2.24, 2.45) is 0 Å². The molecule has 0 bridgehead atoms. The molecule has 1 fully saturated rings. The van der Waals surface area contributed by atoms with E-state index >= 15 is 0 Å². The molecule has 1 saturated heterocycles. The van der Waals surface area contributed by atoms with Crippen LogP contribution in [0.1, 0.15) is 41.7 Å². The summed E-state index contributed by atoms with van der Waals surface area (Å²) in [5.74, 6) is 0.0118. The van der Waals surface area contributed by atoms with E-state index in [1.165, 1.54) is 0 Å². The number of carbonyl (C=O) groups is 1. The van der Waals surface area contributed by atoms with Gasteiger partial charge in [0.1, 0.15) is 0 Å². The molecular formula is C14H21N3O2. The molecule has 1 amide bonds. The number of hydrogen-bond acceptors (Lipinski definition) is 4. The van der Waals surface area contributed by atoms with Crippen molar-refractivity contribution in [2.45, 2.75) is 38.6 Å². The summed E-state index contributed by atoms with van der Waals surface area (Å²) in [5.41, 5.74) is 7.53. The van der Waals surface area contributed by atoms with Crippen LogP contribution in [0.5, 0.6) is 0 Å². The summed E-state index contributed by atoms with van der Waals surface area (Å²) in [6.07, 6.45) is 5.20. The van der Waals surface area contributed by atoms with E-state index in [0.29, 0.717) is 16.9 Å². The van der Waals surface area contributed by atoms with Gasteiger partial charge in [0.2, 0.25) is 0 Å². The van der Waals surface area contributed by atoms with E-state index in [2.05, 4.69) is 4.98 Å². The topological polar surface area (TPSA) is 79.5 Å². The van der Waals surface area contributed by atoms with E-state index in [0.717, 1.165) is 32.2 Å². The molecular weight excluding hydrogens is 242 g/mol. The molecule has 19 heavy (non-hydrogen) atoms. The lowest BCUT2D eigenvalue weighted by Crippen LogP contribution is -2.36. The molecule has 1 aliphatic heterocycles. The Morgan fingerprint density at radius 1 is 1.63 bits per heavy atom. The number of carbonyl (C=O) groups excluding carboxylic acids is 1. The zero-order valence-electron chi connectivity index (χ0n) is 11.3. The van der Waals surface area contributed by atoms with Crippen molar-refractivity contribution < 1.29 is 9.90 Å². The Morgan fingerprint density at radius 3 is 3.16 bits per heavy atom. The second-order valence-electron chi connectivity index (χ2n) is 5.06. The van der Waals surface area contributed by atoms with E-state index in [9.17, 15) is 4.79 Å². The van der Waals surface area contributed by atoms with Crippen LogP contribution in [-0.2, 0) is 0 Å². The standard InChI is InChI=1S/C14H21N3O2/c1-10-13(8-11(15)9-16-10)14(19)17-6-2-4-12(17)5-3-7-18/h8-9,12,18H,2-7,15H2,1H3. The molecule has 0 spiro atoms. The number of amides is 1. The minimum absolute atomic E-state index is 0.0118. The van der Waals surface area contributed by atoms with Crippen LogP contribution < -0.4 is 5.73 Å². The number of nitrogens with two attached hydrogens (primary N) is 1. The van der Waals surface area contributed by atoms with Gasteiger partial charge in [-0.15, -0.1) is 0 Å². The van der Waals surface area contributed by atoms with Crippen molar-refractivity contribution in [1.29, 1.82) is 0 Å². The average molecular weight is 263 g/mol. The summed E-state index contributed by atoms with van der Waals surface area (Å²) < 4.78 is 0. The first kappa shape index (κ1) is 13.8. The molecule has 1 unspecified atom stereocenters. The van der Waals surface area contributed by atoms with Gasteiger partial charge in [-0.2, -0.15) is 0 Å². The van der Waals surface area contributed by atoms with Gasteiger partial charge >= 0.3 is 0 Å². The molecule has 1 aromatic rings. The fourth-order valence-corrected chi connectivity index (χ4v) is 2.65. The SMILES string of the molecule is Cc1ncc(N)cc1C(=O)N1CCCC1CCCO. The predicted molar refractivity (Wildman–Crippen MR) is 73.8 cm³/mol. The highest BCUT2D eigenvalue weighted by Gasteiger charge is 2.29. The van der Waals surface area contributed by atoms with E-state index in [1.54, 1.807) is 12.3 Å². The maximum absolute atomic E-state index is 12.6. The van der Waals surface area contributed by atoms with Crippen LogP contribution in [-0.4, -0.2) is 40.1 Å². The number of aliphatic hydroxyl groups is 1. The molecule has 0 saturated carbocycles. The number of nitrogens with zero attached hydrogens (tertiary/aromatic N) is 2. The van der Waals surface area contributed by atoms with E-state index in [1.807, 2.05) is 11.8 Å². The van der Waals surface area contributed by atoms with Gasteiger partial charge in [-0.1, -0.05) is 0 Å². The molecule has 3 N–H and O–H groups in total. The van der Waals surface area contributed by atoms with Crippen molar-refractivity contribution in [2.75, 3.05) is 18.9 Å². The van der Waals surface area contributed by atoms with Crippen molar-refractivity contribution in [1.82, 2.24) is 9.88 Å². The quantitative estimate of drug-likeness (QED) is 0.859. The van der Waals surface area contributed by atoms with Crippen molar-refractivity contribution in [3.05, 3.63) is 23.5 Å². The van der Waals surface area contributed by atoms with E-state index in [4.69, 9.17) is 10.8 Å². The van der Waals surface area contributed by atoms with Gasteiger partial charge in [-0.3, -0.25) is 9.78 Å². The molecule has 0 aromatic carbocycles. The fourth-order valence-electron chi connectivity index (χ4n) is 2.65. The predicted octanol–water partition coefficient (Wildman–Crippen LogP) is 1.35. The van der Waals surface area contributed by atoms with Gasteiger partial charge in [0.25, 0.3) is 5.91 Å². The lowest BCUT2D eigenvalue weighted by atomic mass is 10.1. The molecule has 5 heteroatoms. The van der Waals surface area contributed by atoms with Crippen molar-refractivity contribution in [3.8, 4) is 0 Å². The first-order chi connectivity index (χ1) is 9.13. The summed E-state index contributed by atoms with van der Waals surface area (Å²) in [7, 11) is 0. The van der Waals surface area contributed by atoms with Gasteiger partial charge in [-0.25, -0.2) is 0 Å². The van der Waals surface area contributed by atoms with Gasteiger partial charge < -0.3 is 15.7 Å². The number of hydrogen-bond donors (Lipinski definition) is 2. The highest BCUT2D eigenvalue weighted by atomic mass is 16.3. The zero-order valence-corrected chi connectivity index (χ0v) is 11.3. The largest absolute Gasteiger partial charge is 0.397 e. The second-order valence-corrected chi connectivity index (χ2v) is 5.06. The molecule has 0 radical (unpaired) electrons. The summed E-state index contributed by atoms with van der Waals surface area (Å²) in [4.78, 5) is 18.6. The maximum Gasteiger partial charge on any atom is 0.256 e. The van der Waals surface area contributed by atoms with Crippen LogP contribution in [0.4, 0.5) is 5.69 Å². The third-order valence-electron chi connectivity index (χ3n) is 3.67. The summed E-state index contributed by atoms with van der Waals surface area (Å²) in [6.45, 7) is 2.78. The number of aliphatic hydroxyl groups excluding tert-OH is 1. The monoisotopic (exact) mass is 263 g/mol. The van der Waals surface area contributed by atoms with Crippen LogP contribution in [0.2, 0.25) is 0 Å². The summed E-state index contributed by atoms with van der Waals surface area (Å²) in [5, 5.41) is 8.92. The molecule has 1 atom stereocenters. The number of pyridine rings is 1. The Morgan fingerprint density at radius 2 is 2.42 bits per heavy atom. The normalized spacial score (nSPS) is 18.8. The Bertz CT molecular complexity index is 462. The van der Waals surface area contributed by atoms with Gasteiger partial charge in [0.15, 0.2) is 0 Å². The highest BCUT2D eigenvalue weighted by molar-refractivity contribution is 5.96. The Kier molecular flexibility index (Phi) is 4.37. The van der Waals surface area contributed by atoms with E-state index in [-0.39, 0.29) is 18.6 Å². The third-order valence-corrected chi connectivity index (χ3v) is 3.67. The molecule has 1 aliphatic rings. The molecule has 104 valence electrons. The minimum Gasteiger partial charge on any atom is -0.397 e. The molecule has 1 aromatic heterocycles. The van der Waals surface area contributed by atoms with E-state index < -0.39 is 0 Å². The number of likely N-dealkylation sites (tertiary alicyclic amines) is 1. The Labute approximate surface area is 113 Å². The van der Waals surface area contributed by atoms with Crippen LogP contribution in [0, 0.1) is 6.92 Å². The lowest BCUT2D eigenvalue weighted by Gasteiger charge is -2.25. The third kappa shape index (κ3) is 3.04. The van der Waals surface area contributed by atoms with Crippen LogP contribution in [0.15, 0.2) is 12.3 Å². The number of anilines is 1. The summed E-state index contributed by atoms with van der Waals surface area (Å²) in [6, 6.07) is 1.94. The van der Waals surface area contributed by atoms with Crippen LogP contribution in [0.3, 0.4) is 0 Å². The first-order valence-corrected chi connectivity index (χ1v) is 6.77. The van der Waals surface area contributed by atoms with Crippen LogP contribution in [0.25, 0.3) is 0 Å². The fraction of sp³-hybridized carbons (Fsp3) is 0.571. The Balaban J connectivity index is 2.16. The highest BCUT2D eigenvalue weighted by Crippen LogP contribution is 2.24. The number of aryl methyl sites for hydroxylation is 1. The summed E-state index contributed by atoms with van der Waals surface area (Å²) >= 11 is 0. The maximum atomic E-state index is 12.6. The molecule has 5 nitrogen and oxygen atoms in total. The first-order valence-electron chi connectivity index (χ1n) is 6.77. The Hall–Kier alpha value is -1.62. The lowest BCUT2D eigenvalue weighted by molar-refractivity contribution is 0.0723. The average Bonchev–Trinajstić information content (AvgIpc) is 2.86. The van der Waals surface area contributed by atoms with Crippen molar-refractivity contribution in [3.63, 3.8) is 0 Å². The van der Waals surface area contributed by atoms with Gasteiger partial charge in [0, 0.05) is 19.2 Å². The van der Waals surface area contributed by atoms with Crippen LogP contribution >= 0.6 is 0 Å². The zero-order chi connectivity index (χ0) is 13.8. The number of nitrogen functional groups attached to an aromatic ring is 1. The smallest absolute Gasteiger partial charge is 0.256 e. The van der Waals surface area contributed by atoms with Gasteiger partial charge in [-0.05, 0) is 38.7 Å². The van der Waals surface area contributed by atoms with Crippen molar-refractivity contribution >= 4 is 11.6 Å². The molecule has 0 aliphatic carbocycles. The number of aromatic nitrogens is 1. The molecule has 2 rings (SSSR count). The minimum atomic E-state index is 0.0118. The number of rotatable bonds is 4. The second kappa shape index (κ2) is 6.02. The molecule has 2 heterocycles. The van der Waals surface area contributed by atoms with Gasteiger partial charge in [0.05, 0.1) is 23.1 Å².